The van der Waals surface area contributed by atoms with Crippen molar-refractivity contribution in [2.24, 2.45) is 11.8 Å². The van der Waals surface area contributed by atoms with Crippen molar-refractivity contribution < 1.29 is 0 Å². The minimum atomic E-state index is 0.583. The van der Waals surface area contributed by atoms with Gasteiger partial charge in [0.2, 0.25) is 0 Å². The third kappa shape index (κ3) is 3.50. The van der Waals surface area contributed by atoms with Crippen LogP contribution in [0.4, 0.5) is 0 Å². The van der Waals surface area contributed by atoms with Crippen LogP contribution in [0.1, 0.15) is 117 Å². The van der Waals surface area contributed by atoms with Crippen LogP contribution in [-0.2, 0) is 12.8 Å². The minimum Gasteiger partial charge on any atom is -0.358 e. The number of hydrogen-bond donors (Lipinski definition) is 1. The molecule has 4 aromatic rings. The molecule has 2 heterocycles. The van der Waals surface area contributed by atoms with Crippen molar-refractivity contribution in [3.8, 4) is 0 Å². The quantitative estimate of drug-likeness (QED) is 0.295. The number of para-hydroxylation sites is 2. The number of H-pyrrole nitrogens is 1. The van der Waals surface area contributed by atoms with Gasteiger partial charge >= 0.3 is 0 Å². The van der Waals surface area contributed by atoms with Crippen LogP contribution in [0.5, 0.6) is 0 Å². The number of aryl methyl sites for hydroxylation is 2. The number of rotatable bonds is 3. The predicted molar refractivity (Wildman–Crippen MR) is 155 cm³/mol. The van der Waals surface area contributed by atoms with E-state index in [4.69, 9.17) is 0 Å². The standard InChI is InChI=1S/C35H42N2/c1-2-13-24(14-3-1)33-32(22-21-28-26-15-6-8-19-30(26)36-34(28)33)37-31-20-9-7-16-27(31)29-18-10-17-25(35(29)37)23-11-4-5-12-23/h6-9,15-16,19-20,23-25,32-33,36H,1-5,10-14,17-18,21-22H2. The van der Waals surface area contributed by atoms with E-state index >= 15 is 0 Å². The van der Waals surface area contributed by atoms with Crippen LogP contribution in [0.15, 0.2) is 48.5 Å². The number of nitrogens with one attached hydrogen (secondary N) is 1. The maximum Gasteiger partial charge on any atom is 0.0488 e. The van der Waals surface area contributed by atoms with Gasteiger partial charge in [-0.05, 0) is 92.9 Å². The summed E-state index contributed by atoms with van der Waals surface area (Å²) in [6.45, 7) is 0. The van der Waals surface area contributed by atoms with Gasteiger partial charge < -0.3 is 9.55 Å². The molecule has 8 rings (SSSR count). The van der Waals surface area contributed by atoms with Crippen LogP contribution in [-0.4, -0.2) is 9.55 Å². The molecule has 2 fully saturated rings. The molecule has 2 aromatic heterocycles. The van der Waals surface area contributed by atoms with E-state index < -0.39 is 0 Å². The van der Waals surface area contributed by atoms with E-state index in [0.717, 1.165) is 17.8 Å². The molecule has 4 aliphatic carbocycles. The van der Waals surface area contributed by atoms with Gasteiger partial charge in [0.05, 0.1) is 0 Å². The fourth-order valence-corrected chi connectivity index (χ4v) is 9.60. The smallest absolute Gasteiger partial charge is 0.0488 e. The Bertz CT molecular complexity index is 1420. The molecule has 0 amide bonds. The maximum atomic E-state index is 4.04. The van der Waals surface area contributed by atoms with E-state index in [1.54, 1.807) is 33.4 Å². The monoisotopic (exact) mass is 490 g/mol. The molecule has 3 unspecified atom stereocenters. The number of benzene rings is 2. The van der Waals surface area contributed by atoms with Crippen LogP contribution in [0.25, 0.3) is 21.8 Å². The molecule has 2 saturated carbocycles. The molecule has 2 nitrogen and oxygen atoms in total. The van der Waals surface area contributed by atoms with Crippen LogP contribution in [0.3, 0.4) is 0 Å². The zero-order valence-corrected chi connectivity index (χ0v) is 22.4. The first-order valence-corrected chi connectivity index (χ1v) is 15.6. The van der Waals surface area contributed by atoms with Crippen molar-refractivity contribution in [1.29, 1.82) is 0 Å². The van der Waals surface area contributed by atoms with Crippen molar-refractivity contribution in [3.05, 3.63) is 71.0 Å². The Morgan fingerprint density at radius 1 is 0.622 bits per heavy atom. The Kier molecular flexibility index (Phi) is 5.51. The topological polar surface area (TPSA) is 20.7 Å². The normalized spacial score (nSPS) is 27.1. The summed E-state index contributed by atoms with van der Waals surface area (Å²) >= 11 is 0. The van der Waals surface area contributed by atoms with Crippen LogP contribution < -0.4 is 0 Å². The van der Waals surface area contributed by atoms with E-state index in [2.05, 4.69) is 58.1 Å². The molecule has 0 spiro atoms. The lowest BCUT2D eigenvalue weighted by atomic mass is 9.69. The molecule has 37 heavy (non-hydrogen) atoms. The van der Waals surface area contributed by atoms with Gasteiger partial charge in [0.25, 0.3) is 0 Å². The third-order valence-electron chi connectivity index (χ3n) is 11.1. The fraction of sp³-hybridized carbons (Fsp3) is 0.543. The zero-order chi connectivity index (χ0) is 24.3. The number of hydrogen-bond acceptors (Lipinski definition) is 0. The second-order valence-electron chi connectivity index (χ2n) is 12.9. The summed E-state index contributed by atoms with van der Waals surface area (Å²) in [6, 6.07) is 19.2. The van der Waals surface area contributed by atoms with E-state index in [1.807, 2.05) is 0 Å². The highest BCUT2D eigenvalue weighted by molar-refractivity contribution is 5.87. The number of fused-ring (bicyclic) bond motifs is 6. The highest BCUT2D eigenvalue weighted by atomic mass is 15.1. The summed E-state index contributed by atoms with van der Waals surface area (Å²) in [7, 11) is 0. The first-order chi connectivity index (χ1) is 18.4. The second-order valence-corrected chi connectivity index (χ2v) is 12.9. The van der Waals surface area contributed by atoms with Gasteiger partial charge in [-0.15, -0.1) is 0 Å². The SMILES string of the molecule is c1ccc2c3c([nH]c2c1)C(C1CCCCC1)C(n1c2c(c4ccccc41)CCCC2C1CCCC1)CC3. The Morgan fingerprint density at radius 3 is 2.22 bits per heavy atom. The van der Waals surface area contributed by atoms with Gasteiger partial charge in [-0.2, -0.15) is 0 Å². The van der Waals surface area contributed by atoms with E-state index in [1.165, 1.54) is 101 Å². The molecule has 3 atom stereocenters. The molecule has 2 heteroatoms. The maximum absolute atomic E-state index is 4.04. The first-order valence-electron chi connectivity index (χ1n) is 15.6. The van der Waals surface area contributed by atoms with Gasteiger partial charge in [0.15, 0.2) is 0 Å². The van der Waals surface area contributed by atoms with Gasteiger partial charge in [0.1, 0.15) is 0 Å². The molecular formula is C35H42N2. The summed E-state index contributed by atoms with van der Waals surface area (Å²) in [4.78, 5) is 4.04. The summed E-state index contributed by atoms with van der Waals surface area (Å²) in [5, 5.41) is 3.06. The highest BCUT2D eigenvalue weighted by Gasteiger charge is 2.42. The average Bonchev–Trinajstić information content (AvgIpc) is 3.69. The van der Waals surface area contributed by atoms with Crippen molar-refractivity contribution in [3.63, 3.8) is 0 Å². The van der Waals surface area contributed by atoms with Crippen molar-refractivity contribution in [2.75, 3.05) is 0 Å². The second kappa shape index (κ2) is 9.07. The lowest BCUT2D eigenvalue weighted by molar-refractivity contribution is 0.217. The summed E-state index contributed by atoms with van der Waals surface area (Å²) in [5.41, 5.74) is 9.65. The van der Waals surface area contributed by atoms with Gasteiger partial charge in [-0.1, -0.05) is 68.5 Å². The van der Waals surface area contributed by atoms with Crippen molar-refractivity contribution in [1.82, 2.24) is 9.55 Å². The first kappa shape index (κ1) is 22.5. The molecule has 0 saturated heterocycles. The van der Waals surface area contributed by atoms with E-state index in [0.29, 0.717) is 12.0 Å². The summed E-state index contributed by atoms with van der Waals surface area (Å²) in [6.07, 6.45) is 19.4. The highest BCUT2D eigenvalue weighted by Crippen LogP contribution is 2.54. The molecule has 0 bridgehead atoms. The molecule has 1 N–H and O–H groups in total. The van der Waals surface area contributed by atoms with Gasteiger partial charge in [-0.3, -0.25) is 0 Å². The van der Waals surface area contributed by atoms with Crippen LogP contribution in [0.2, 0.25) is 0 Å². The Balaban J connectivity index is 1.34. The Labute approximate surface area is 221 Å². The lowest BCUT2D eigenvalue weighted by Crippen LogP contribution is -2.32. The molecular weight excluding hydrogens is 448 g/mol. The molecule has 2 aromatic carbocycles. The molecule has 0 radical (unpaired) electrons. The number of aromatic amines is 1. The number of aromatic nitrogens is 2. The van der Waals surface area contributed by atoms with Crippen LogP contribution in [0, 0.1) is 11.8 Å². The van der Waals surface area contributed by atoms with Crippen molar-refractivity contribution in [2.45, 2.75) is 108 Å². The van der Waals surface area contributed by atoms with E-state index in [9.17, 15) is 0 Å². The Morgan fingerprint density at radius 2 is 1.35 bits per heavy atom. The van der Waals surface area contributed by atoms with E-state index in [-0.39, 0.29) is 0 Å². The van der Waals surface area contributed by atoms with Gasteiger partial charge in [0, 0.05) is 51.1 Å². The molecule has 4 aliphatic rings. The molecule has 192 valence electrons. The van der Waals surface area contributed by atoms with Crippen LogP contribution >= 0.6 is 0 Å². The third-order valence-corrected chi connectivity index (χ3v) is 11.1. The summed E-state index contributed by atoms with van der Waals surface area (Å²) in [5.74, 6) is 3.09. The average molecular weight is 491 g/mol. The Hall–Kier alpha value is -2.48. The van der Waals surface area contributed by atoms with Crippen molar-refractivity contribution >= 4 is 21.8 Å². The van der Waals surface area contributed by atoms with Gasteiger partial charge in [-0.25, -0.2) is 0 Å². The fourth-order valence-electron chi connectivity index (χ4n) is 9.60. The molecule has 0 aliphatic heterocycles. The minimum absolute atomic E-state index is 0.583. The largest absolute Gasteiger partial charge is 0.358 e. The summed E-state index contributed by atoms with van der Waals surface area (Å²) < 4.78 is 2.99. The predicted octanol–water partition coefficient (Wildman–Crippen LogP) is 9.58. The lowest BCUT2D eigenvalue weighted by Gasteiger charge is -2.42. The number of nitrogens with zero attached hydrogens (tertiary/aromatic N) is 1. The zero-order valence-electron chi connectivity index (χ0n) is 22.4.